The van der Waals surface area contributed by atoms with Gasteiger partial charge in [-0.15, -0.1) is 0 Å². The Hall–Kier alpha value is -2.96. The minimum atomic E-state index is -0.615. The number of H-pyrrole nitrogens is 2. The zero-order valence-electron chi connectivity index (χ0n) is 13.8. The molecule has 0 radical (unpaired) electrons. The fourth-order valence-electron chi connectivity index (χ4n) is 3.24. The number of para-hydroxylation sites is 1. The predicted molar refractivity (Wildman–Crippen MR) is 91.0 cm³/mol. The molecule has 0 amide bonds. The number of ether oxygens (including phenoxy) is 1. The highest BCUT2D eigenvalue weighted by Gasteiger charge is 2.28. The van der Waals surface area contributed by atoms with Crippen molar-refractivity contribution in [3.8, 4) is 0 Å². The third-order valence-electron chi connectivity index (χ3n) is 4.66. The fraction of sp³-hybridized carbons (Fsp3) is 0.333. The quantitative estimate of drug-likeness (QED) is 0.712. The minimum absolute atomic E-state index is 0.195. The molecule has 2 atom stereocenters. The smallest absolute Gasteiger partial charge is 0.309 e. The maximum Gasteiger partial charge on any atom is 0.309 e. The van der Waals surface area contributed by atoms with Crippen molar-refractivity contribution in [1.82, 2.24) is 20.2 Å². The SMILES string of the molecule is CC(OC(=O)C1CCc2[nH]ncc2C1)c1nc2ccccc2c(=O)[nH]1. The van der Waals surface area contributed by atoms with Gasteiger partial charge >= 0.3 is 5.97 Å². The average molecular weight is 338 g/mol. The zero-order valence-corrected chi connectivity index (χ0v) is 13.8. The lowest BCUT2D eigenvalue weighted by Gasteiger charge is -2.22. The largest absolute Gasteiger partial charge is 0.454 e. The third-order valence-corrected chi connectivity index (χ3v) is 4.66. The lowest BCUT2D eigenvalue weighted by Crippen LogP contribution is -2.26. The molecule has 0 bridgehead atoms. The zero-order chi connectivity index (χ0) is 17.4. The van der Waals surface area contributed by atoms with Crippen LogP contribution in [0.4, 0.5) is 0 Å². The summed E-state index contributed by atoms with van der Waals surface area (Å²) in [5, 5.41) is 7.49. The van der Waals surface area contributed by atoms with E-state index in [4.69, 9.17) is 4.74 Å². The Labute approximate surface area is 143 Å². The van der Waals surface area contributed by atoms with Crippen molar-refractivity contribution < 1.29 is 9.53 Å². The van der Waals surface area contributed by atoms with Crippen LogP contribution >= 0.6 is 0 Å². The van der Waals surface area contributed by atoms with Gasteiger partial charge in [-0.2, -0.15) is 5.10 Å². The molecule has 1 aromatic carbocycles. The molecule has 7 heteroatoms. The lowest BCUT2D eigenvalue weighted by molar-refractivity contribution is -0.154. The van der Waals surface area contributed by atoms with Crippen molar-refractivity contribution >= 4 is 16.9 Å². The molecule has 7 nitrogen and oxygen atoms in total. The van der Waals surface area contributed by atoms with E-state index in [1.54, 1.807) is 31.3 Å². The van der Waals surface area contributed by atoms with Crippen molar-refractivity contribution in [3.05, 3.63) is 57.9 Å². The molecule has 0 fully saturated rings. The van der Waals surface area contributed by atoms with Crippen LogP contribution in [0, 0.1) is 5.92 Å². The van der Waals surface area contributed by atoms with Gasteiger partial charge in [-0.05, 0) is 43.9 Å². The van der Waals surface area contributed by atoms with Crippen LogP contribution in [0.3, 0.4) is 0 Å². The van der Waals surface area contributed by atoms with Gasteiger partial charge in [0, 0.05) is 5.69 Å². The van der Waals surface area contributed by atoms with Gasteiger partial charge < -0.3 is 9.72 Å². The topological polar surface area (TPSA) is 101 Å². The first-order chi connectivity index (χ1) is 12.1. The van der Waals surface area contributed by atoms with Crippen LogP contribution < -0.4 is 5.56 Å². The number of hydrogen-bond donors (Lipinski definition) is 2. The van der Waals surface area contributed by atoms with Crippen LogP contribution in [0.1, 0.15) is 36.5 Å². The number of rotatable bonds is 3. The number of aromatic amines is 2. The molecule has 0 saturated heterocycles. The molecule has 0 spiro atoms. The summed E-state index contributed by atoms with van der Waals surface area (Å²) < 4.78 is 5.57. The van der Waals surface area contributed by atoms with Crippen LogP contribution in [-0.2, 0) is 22.4 Å². The molecule has 2 heterocycles. The van der Waals surface area contributed by atoms with Crippen LogP contribution in [0.5, 0.6) is 0 Å². The normalized spacial score (nSPS) is 17.9. The molecule has 0 aliphatic heterocycles. The Morgan fingerprint density at radius 1 is 1.36 bits per heavy atom. The first kappa shape index (κ1) is 15.6. The molecular formula is C18H18N4O3. The highest BCUT2D eigenvalue weighted by Crippen LogP contribution is 2.26. The van der Waals surface area contributed by atoms with E-state index in [0.717, 1.165) is 24.1 Å². The molecule has 2 unspecified atom stereocenters. The van der Waals surface area contributed by atoms with Crippen molar-refractivity contribution in [2.24, 2.45) is 5.92 Å². The summed E-state index contributed by atoms with van der Waals surface area (Å²) in [6, 6.07) is 7.09. The summed E-state index contributed by atoms with van der Waals surface area (Å²) in [5.74, 6) is -0.105. The Morgan fingerprint density at radius 2 is 2.20 bits per heavy atom. The highest BCUT2D eigenvalue weighted by molar-refractivity contribution is 5.77. The second kappa shape index (κ2) is 6.16. The van der Waals surface area contributed by atoms with Gasteiger partial charge in [0.1, 0.15) is 0 Å². The van der Waals surface area contributed by atoms with E-state index < -0.39 is 6.10 Å². The molecule has 1 aliphatic carbocycles. The van der Waals surface area contributed by atoms with E-state index in [0.29, 0.717) is 23.1 Å². The van der Waals surface area contributed by atoms with E-state index in [-0.39, 0.29) is 17.4 Å². The van der Waals surface area contributed by atoms with Gasteiger partial charge in [0.15, 0.2) is 11.9 Å². The van der Waals surface area contributed by atoms with Gasteiger partial charge in [0.05, 0.1) is 23.0 Å². The lowest BCUT2D eigenvalue weighted by atomic mass is 9.88. The molecule has 2 N–H and O–H groups in total. The third kappa shape index (κ3) is 2.93. The minimum Gasteiger partial charge on any atom is -0.454 e. The number of fused-ring (bicyclic) bond motifs is 2. The summed E-state index contributed by atoms with van der Waals surface area (Å²) in [6.07, 6.45) is 3.28. The Bertz CT molecular complexity index is 991. The van der Waals surface area contributed by atoms with Gasteiger partial charge in [-0.25, -0.2) is 4.98 Å². The Balaban J connectivity index is 1.51. The van der Waals surface area contributed by atoms with Crippen LogP contribution in [0.15, 0.2) is 35.3 Å². The van der Waals surface area contributed by atoms with E-state index >= 15 is 0 Å². The van der Waals surface area contributed by atoms with Gasteiger partial charge in [-0.3, -0.25) is 14.7 Å². The molecule has 1 aliphatic rings. The van der Waals surface area contributed by atoms with Crippen LogP contribution in [0.25, 0.3) is 10.9 Å². The first-order valence-electron chi connectivity index (χ1n) is 8.32. The number of carbonyl (C=O) groups is 1. The number of hydrogen-bond acceptors (Lipinski definition) is 5. The van der Waals surface area contributed by atoms with E-state index in [9.17, 15) is 9.59 Å². The number of aromatic nitrogens is 4. The maximum absolute atomic E-state index is 12.5. The molecule has 2 aromatic heterocycles. The molecule has 3 aromatic rings. The monoisotopic (exact) mass is 338 g/mol. The Morgan fingerprint density at radius 3 is 3.08 bits per heavy atom. The number of benzene rings is 1. The standard InChI is InChI=1S/C18H18N4O3/c1-10(16-20-15-5-3-2-4-13(15)17(23)21-16)25-18(24)11-6-7-14-12(8-11)9-19-22-14/h2-5,9-11H,6-8H2,1H3,(H,19,22)(H,20,21,23). The maximum atomic E-state index is 12.5. The van der Waals surface area contributed by atoms with E-state index in [1.807, 2.05) is 6.07 Å². The number of carbonyl (C=O) groups excluding carboxylic acids is 1. The van der Waals surface area contributed by atoms with Crippen molar-refractivity contribution in [3.63, 3.8) is 0 Å². The average Bonchev–Trinajstić information content (AvgIpc) is 3.09. The van der Waals surface area contributed by atoms with Crippen molar-refractivity contribution in [1.29, 1.82) is 0 Å². The molecule has 4 rings (SSSR count). The van der Waals surface area contributed by atoms with E-state index in [1.165, 1.54) is 0 Å². The fourth-order valence-corrected chi connectivity index (χ4v) is 3.24. The van der Waals surface area contributed by atoms with E-state index in [2.05, 4.69) is 20.2 Å². The summed E-state index contributed by atoms with van der Waals surface area (Å²) in [5.41, 5.74) is 2.52. The predicted octanol–water partition coefficient (Wildman–Crippen LogP) is 2.06. The second-order valence-corrected chi connectivity index (χ2v) is 6.36. The first-order valence-corrected chi connectivity index (χ1v) is 8.32. The molecule has 128 valence electrons. The summed E-state index contributed by atoms with van der Waals surface area (Å²) in [7, 11) is 0. The molecule has 25 heavy (non-hydrogen) atoms. The summed E-state index contributed by atoms with van der Waals surface area (Å²) >= 11 is 0. The number of nitrogens with one attached hydrogen (secondary N) is 2. The van der Waals surface area contributed by atoms with Crippen LogP contribution in [-0.4, -0.2) is 26.1 Å². The summed E-state index contributed by atoms with van der Waals surface area (Å²) in [4.78, 5) is 31.8. The van der Waals surface area contributed by atoms with Gasteiger partial charge in [0.2, 0.25) is 0 Å². The number of nitrogens with zero attached hydrogens (tertiary/aromatic N) is 2. The highest BCUT2D eigenvalue weighted by atomic mass is 16.5. The van der Waals surface area contributed by atoms with Crippen molar-refractivity contribution in [2.75, 3.05) is 0 Å². The van der Waals surface area contributed by atoms with Crippen molar-refractivity contribution in [2.45, 2.75) is 32.3 Å². The number of aryl methyl sites for hydroxylation is 1. The van der Waals surface area contributed by atoms with Gasteiger partial charge in [-0.1, -0.05) is 12.1 Å². The Kier molecular flexibility index (Phi) is 3.83. The molecule has 0 saturated carbocycles. The van der Waals surface area contributed by atoms with Crippen LogP contribution in [0.2, 0.25) is 0 Å². The molecular weight excluding hydrogens is 320 g/mol. The van der Waals surface area contributed by atoms with Gasteiger partial charge in [0.25, 0.3) is 5.56 Å². The number of esters is 1. The summed E-state index contributed by atoms with van der Waals surface area (Å²) in [6.45, 7) is 1.72. The second-order valence-electron chi connectivity index (χ2n) is 6.36.